The van der Waals surface area contributed by atoms with Gasteiger partial charge >= 0.3 is 0 Å². The van der Waals surface area contributed by atoms with E-state index in [0.717, 1.165) is 26.2 Å². The normalized spacial score (nSPS) is 32.2. The summed E-state index contributed by atoms with van der Waals surface area (Å²) in [6.45, 7) is 2.66. The molecule has 1 rings (SSSR count). The van der Waals surface area contributed by atoms with Crippen molar-refractivity contribution in [1.82, 2.24) is 5.32 Å². The molecule has 0 amide bonds. The first-order chi connectivity index (χ1) is 5.36. The van der Waals surface area contributed by atoms with Gasteiger partial charge < -0.3 is 14.8 Å². The summed E-state index contributed by atoms with van der Waals surface area (Å²) in [5, 5.41) is 3.15. The lowest BCUT2D eigenvalue weighted by Crippen LogP contribution is -2.35. The summed E-state index contributed by atoms with van der Waals surface area (Å²) in [5.41, 5.74) is 0. The van der Waals surface area contributed by atoms with Gasteiger partial charge in [0.15, 0.2) is 0 Å². The summed E-state index contributed by atoms with van der Waals surface area (Å²) < 4.78 is 10.6. The molecule has 1 heterocycles. The lowest BCUT2D eigenvalue weighted by molar-refractivity contribution is -0.0546. The maximum atomic E-state index is 5.37. The van der Waals surface area contributed by atoms with Gasteiger partial charge in [-0.05, 0) is 25.9 Å². The van der Waals surface area contributed by atoms with E-state index in [1.165, 1.54) is 0 Å². The highest BCUT2D eigenvalue weighted by molar-refractivity contribution is 4.71. The Morgan fingerprint density at radius 2 is 2.36 bits per heavy atom. The molecule has 2 atom stereocenters. The molecule has 1 fully saturated rings. The third-order valence-corrected chi connectivity index (χ3v) is 2.08. The molecule has 3 heteroatoms. The number of methoxy groups -OCH3 is 1. The second kappa shape index (κ2) is 4.70. The van der Waals surface area contributed by atoms with Crippen molar-refractivity contribution in [3.05, 3.63) is 0 Å². The zero-order chi connectivity index (χ0) is 8.10. The van der Waals surface area contributed by atoms with E-state index in [1.54, 1.807) is 7.11 Å². The van der Waals surface area contributed by atoms with Crippen LogP contribution in [0.3, 0.4) is 0 Å². The topological polar surface area (TPSA) is 30.5 Å². The fraction of sp³-hybridized carbons (Fsp3) is 1.00. The van der Waals surface area contributed by atoms with Gasteiger partial charge in [0, 0.05) is 7.11 Å². The molecule has 0 saturated carbocycles. The lowest BCUT2D eigenvalue weighted by atomic mass is 10.0. The molecular formula is C8H17NO2. The molecule has 66 valence electrons. The van der Waals surface area contributed by atoms with Crippen LogP contribution in [0.5, 0.6) is 0 Å². The van der Waals surface area contributed by atoms with Crippen molar-refractivity contribution in [2.45, 2.75) is 12.5 Å². The predicted molar refractivity (Wildman–Crippen MR) is 43.6 cm³/mol. The van der Waals surface area contributed by atoms with Crippen LogP contribution in [0.1, 0.15) is 6.42 Å². The van der Waals surface area contributed by atoms with E-state index in [-0.39, 0.29) is 0 Å². The van der Waals surface area contributed by atoms with E-state index in [1.807, 2.05) is 7.05 Å². The van der Waals surface area contributed by atoms with Crippen LogP contribution in [0.15, 0.2) is 0 Å². The van der Waals surface area contributed by atoms with Crippen LogP contribution in [-0.2, 0) is 9.47 Å². The van der Waals surface area contributed by atoms with Crippen LogP contribution in [0.25, 0.3) is 0 Å². The Morgan fingerprint density at radius 3 is 3.00 bits per heavy atom. The van der Waals surface area contributed by atoms with Gasteiger partial charge in [-0.2, -0.15) is 0 Å². The summed E-state index contributed by atoms with van der Waals surface area (Å²) in [7, 11) is 3.71. The summed E-state index contributed by atoms with van der Waals surface area (Å²) in [6, 6.07) is 0. The van der Waals surface area contributed by atoms with E-state index in [0.29, 0.717) is 12.0 Å². The number of rotatable bonds is 3. The Bertz CT molecular complexity index is 106. The zero-order valence-corrected chi connectivity index (χ0v) is 7.30. The largest absolute Gasteiger partial charge is 0.379 e. The number of hydrogen-bond acceptors (Lipinski definition) is 3. The van der Waals surface area contributed by atoms with E-state index in [2.05, 4.69) is 5.32 Å². The minimum atomic E-state index is 0.307. The van der Waals surface area contributed by atoms with Crippen molar-refractivity contribution in [2.75, 3.05) is 33.9 Å². The fourth-order valence-corrected chi connectivity index (χ4v) is 1.47. The van der Waals surface area contributed by atoms with Gasteiger partial charge in [-0.3, -0.25) is 0 Å². The molecule has 1 N–H and O–H groups in total. The quantitative estimate of drug-likeness (QED) is 0.640. The molecule has 0 aliphatic carbocycles. The molecule has 3 nitrogen and oxygen atoms in total. The maximum Gasteiger partial charge on any atom is 0.0808 e. The van der Waals surface area contributed by atoms with E-state index < -0.39 is 0 Å². The van der Waals surface area contributed by atoms with Crippen LogP contribution in [0.2, 0.25) is 0 Å². The Labute approximate surface area is 68.1 Å². The van der Waals surface area contributed by atoms with Crippen LogP contribution in [0.4, 0.5) is 0 Å². The Balaban J connectivity index is 2.21. The second-order valence-electron chi connectivity index (χ2n) is 3.05. The summed E-state index contributed by atoms with van der Waals surface area (Å²) in [5.74, 6) is 0.624. The van der Waals surface area contributed by atoms with Gasteiger partial charge in [0.25, 0.3) is 0 Å². The number of ether oxygens (including phenoxy) is 2. The van der Waals surface area contributed by atoms with Crippen LogP contribution < -0.4 is 5.32 Å². The lowest BCUT2D eigenvalue weighted by Gasteiger charge is -2.28. The number of hydrogen-bond donors (Lipinski definition) is 1. The first kappa shape index (κ1) is 8.97. The van der Waals surface area contributed by atoms with Gasteiger partial charge in [0.05, 0.1) is 19.3 Å². The molecule has 0 radical (unpaired) electrons. The fourth-order valence-electron chi connectivity index (χ4n) is 1.47. The van der Waals surface area contributed by atoms with Gasteiger partial charge in [0.1, 0.15) is 0 Å². The van der Waals surface area contributed by atoms with E-state index >= 15 is 0 Å². The first-order valence-corrected chi connectivity index (χ1v) is 4.12. The summed E-state index contributed by atoms with van der Waals surface area (Å²) in [6.07, 6.45) is 1.43. The van der Waals surface area contributed by atoms with Crippen LogP contribution in [-0.4, -0.2) is 40.0 Å². The minimum Gasteiger partial charge on any atom is -0.379 e. The molecule has 11 heavy (non-hydrogen) atoms. The minimum absolute atomic E-state index is 0.307. The zero-order valence-electron chi connectivity index (χ0n) is 7.30. The molecule has 0 aromatic rings. The smallest absolute Gasteiger partial charge is 0.0808 e. The monoisotopic (exact) mass is 159 g/mol. The summed E-state index contributed by atoms with van der Waals surface area (Å²) in [4.78, 5) is 0. The molecule has 0 unspecified atom stereocenters. The van der Waals surface area contributed by atoms with Crippen molar-refractivity contribution < 1.29 is 9.47 Å². The van der Waals surface area contributed by atoms with Crippen LogP contribution in [0, 0.1) is 5.92 Å². The number of nitrogens with one attached hydrogen (secondary N) is 1. The van der Waals surface area contributed by atoms with Crippen molar-refractivity contribution >= 4 is 0 Å². The van der Waals surface area contributed by atoms with E-state index in [9.17, 15) is 0 Å². The van der Waals surface area contributed by atoms with Gasteiger partial charge in [0.2, 0.25) is 0 Å². The third kappa shape index (κ3) is 2.77. The molecular weight excluding hydrogens is 142 g/mol. The predicted octanol–water partition coefficient (Wildman–Crippen LogP) is 0.257. The molecule has 0 bridgehead atoms. The van der Waals surface area contributed by atoms with Crippen LogP contribution >= 0.6 is 0 Å². The SMILES string of the molecule is CNC[C@H]1COC[C@@H](OC)C1. The average molecular weight is 159 g/mol. The Hall–Kier alpha value is -0.120. The molecule has 1 aliphatic rings. The van der Waals surface area contributed by atoms with Crippen molar-refractivity contribution in [3.63, 3.8) is 0 Å². The molecule has 0 aromatic carbocycles. The second-order valence-corrected chi connectivity index (χ2v) is 3.05. The molecule has 0 aromatic heterocycles. The third-order valence-electron chi connectivity index (χ3n) is 2.08. The van der Waals surface area contributed by atoms with E-state index in [4.69, 9.17) is 9.47 Å². The highest BCUT2D eigenvalue weighted by atomic mass is 16.5. The Morgan fingerprint density at radius 1 is 1.55 bits per heavy atom. The Kier molecular flexibility index (Phi) is 3.83. The van der Waals surface area contributed by atoms with Crippen molar-refractivity contribution in [2.24, 2.45) is 5.92 Å². The maximum absolute atomic E-state index is 5.37. The van der Waals surface area contributed by atoms with Gasteiger partial charge in [-0.15, -0.1) is 0 Å². The van der Waals surface area contributed by atoms with Gasteiger partial charge in [-0.25, -0.2) is 0 Å². The van der Waals surface area contributed by atoms with Crippen molar-refractivity contribution in [1.29, 1.82) is 0 Å². The highest BCUT2D eigenvalue weighted by Crippen LogP contribution is 2.15. The summed E-state index contributed by atoms with van der Waals surface area (Å²) >= 11 is 0. The average Bonchev–Trinajstić information content (AvgIpc) is 2.06. The highest BCUT2D eigenvalue weighted by Gasteiger charge is 2.21. The molecule has 0 spiro atoms. The molecule has 1 saturated heterocycles. The molecule has 1 aliphatic heterocycles. The first-order valence-electron chi connectivity index (χ1n) is 4.12. The van der Waals surface area contributed by atoms with Gasteiger partial charge in [-0.1, -0.05) is 0 Å². The van der Waals surface area contributed by atoms with Crippen molar-refractivity contribution in [3.8, 4) is 0 Å². The standard InChI is InChI=1S/C8H17NO2/c1-9-4-7-3-8(10-2)6-11-5-7/h7-9H,3-6H2,1-2H3/t7-,8-/m0/s1.